The molecule has 0 atom stereocenters. The molecule has 0 radical (unpaired) electrons. The van der Waals surface area contributed by atoms with Crippen LogP contribution >= 0.6 is 0 Å². The van der Waals surface area contributed by atoms with E-state index in [4.69, 9.17) is 0 Å². The molecule has 2 aliphatic rings. The van der Waals surface area contributed by atoms with Gasteiger partial charge >= 0.3 is 0 Å². The highest BCUT2D eigenvalue weighted by Gasteiger charge is 2.47. The van der Waals surface area contributed by atoms with Gasteiger partial charge in [0.2, 0.25) is 11.9 Å². The number of aromatic nitrogens is 5. The quantitative estimate of drug-likeness (QED) is 0.427. The highest BCUT2D eigenvalue weighted by Crippen LogP contribution is 2.31. The molecule has 0 unspecified atom stereocenters. The summed E-state index contributed by atoms with van der Waals surface area (Å²) in [6.45, 7) is 0.0687. The Bertz CT molecular complexity index is 1470. The van der Waals surface area contributed by atoms with Crippen LogP contribution in [0.3, 0.4) is 0 Å². The molecule has 0 spiro atoms. The van der Waals surface area contributed by atoms with Gasteiger partial charge in [0.25, 0.3) is 11.8 Å². The van der Waals surface area contributed by atoms with E-state index < -0.39 is 25.0 Å². The van der Waals surface area contributed by atoms with Crippen LogP contribution in [0.1, 0.15) is 21.7 Å². The average molecular weight is 509 g/mol. The molecule has 190 valence electrons. The third kappa shape index (κ3) is 4.28. The number of nitrogens with one attached hydrogen (secondary N) is 2. The van der Waals surface area contributed by atoms with E-state index in [-0.39, 0.29) is 5.91 Å². The number of carbonyl (C=O) groups is 1. The second-order valence-electron chi connectivity index (χ2n) is 9.29. The number of hydrogen-bond acceptors (Lipinski definition) is 6. The first kappa shape index (κ1) is 23.1. The van der Waals surface area contributed by atoms with Crippen LogP contribution in [0.5, 0.6) is 0 Å². The topological polar surface area (TPSA) is 95.0 Å². The molecule has 1 amide bonds. The van der Waals surface area contributed by atoms with Crippen molar-refractivity contribution in [3.05, 3.63) is 71.7 Å². The Hall–Kier alpha value is -4.35. The van der Waals surface area contributed by atoms with Crippen molar-refractivity contribution in [1.29, 1.82) is 0 Å². The molecule has 0 saturated carbocycles. The van der Waals surface area contributed by atoms with E-state index in [0.717, 1.165) is 16.9 Å². The summed E-state index contributed by atoms with van der Waals surface area (Å²) in [6, 6.07) is 10.8. The molecule has 5 heterocycles. The summed E-state index contributed by atoms with van der Waals surface area (Å²) in [7, 11) is 1.78. The van der Waals surface area contributed by atoms with Gasteiger partial charge in [-0.15, -0.1) is 0 Å². The maximum Gasteiger partial charge on any atom is 0.282 e. The van der Waals surface area contributed by atoms with Crippen molar-refractivity contribution in [3.63, 3.8) is 0 Å². The smallest absolute Gasteiger partial charge is 0.282 e. The second kappa shape index (κ2) is 8.64. The van der Waals surface area contributed by atoms with Crippen molar-refractivity contribution >= 4 is 23.4 Å². The summed E-state index contributed by atoms with van der Waals surface area (Å²) < 4.78 is 42.0. The molecule has 3 aromatic heterocycles. The van der Waals surface area contributed by atoms with Gasteiger partial charge in [-0.05, 0) is 41.8 Å². The van der Waals surface area contributed by atoms with E-state index in [0.29, 0.717) is 48.1 Å². The fourth-order valence-corrected chi connectivity index (χ4v) is 4.76. The average Bonchev–Trinajstić information content (AvgIpc) is 3.45. The summed E-state index contributed by atoms with van der Waals surface area (Å²) in [5, 5.41) is 9.23. The van der Waals surface area contributed by atoms with Crippen LogP contribution in [0, 0.1) is 5.95 Å². The van der Waals surface area contributed by atoms with Crippen molar-refractivity contribution in [2.45, 2.75) is 18.9 Å². The van der Waals surface area contributed by atoms with Crippen LogP contribution in [0.15, 0.2) is 48.8 Å². The van der Waals surface area contributed by atoms with E-state index in [2.05, 4.69) is 25.5 Å². The van der Waals surface area contributed by atoms with Gasteiger partial charge in [-0.25, -0.2) is 13.8 Å². The summed E-state index contributed by atoms with van der Waals surface area (Å²) in [5.41, 5.74) is 4.25. The first-order valence-electron chi connectivity index (χ1n) is 11.8. The zero-order chi connectivity index (χ0) is 25.7. The number of halogens is 3. The van der Waals surface area contributed by atoms with Crippen LogP contribution in [-0.4, -0.2) is 61.1 Å². The summed E-state index contributed by atoms with van der Waals surface area (Å²) >= 11 is 0. The van der Waals surface area contributed by atoms with Crippen LogP contribution in [0.2, 0.25) is 0 Å². The lowest BCUT2D eigenvalue weighted by atomic mass is 10.1. The zero-order valence-electron chi connectivity index (χ0n) is 19.9. The fraction of sp³-hybridized carbons (Fsp3) is 0.280. The van der Waals surface area contributed by atoms with Crippen molar-refractivity contribution in [2.75, 3.05) is 29.9 Å². The minimum Gasteiger partial charge on any atom is -0.342 e. The van der Waals surface area contributed by atoms with Gasteiger partial charge < -0.3 is 19.7 Å². The number of aromatic amines is 1. The number of hydrogen-bond donors (Lipinski definition) is 2. The molecular weight excluding hydrogens is 485 g/mol. The Morgan fingerprint density at radius 1 is 1.16 bits per heavy atom. The summed E-state index contributed by atoms with van der Waals surface area (Å²) in [6.07, 6.45) is 3.78. The molecule has 1 aromatic carbocycles. The zero-order valence-corrected chi connectivity index (χ0v) is 19.9. The van der Waals surface area contributed by atoms with Crippen molar-refractivity contribution in [3.8, 4) is 11.1 Å². The largest absolute Gasteiger partial charge is 0.342 e. The molecule has 4 aromatic rings. The maximum atomic E-state index is 13.7. The van der Waals surface area contributed by atoms with Gasteiger partial charge in [0.15, 0.2) is 0 Å². The Kier molecular flexibility index (Phi) is 5.39. The predicted octanol–water partition coefficient (Wildman–Crippen LogP) is 3.74. The fourth-order valence-electron chi connectivity index (χ4n) is 4.76. The first-order valence-corrected chi connectivity index (χ1v) is 11.8. The number of rotatable bonds is 5. The molecule has 2 N–H and O–H groups in total. The van der Waals surface area contributed by atoms with Gasteiger partial charge in [-0.2, -0.15) is 14.5 Å². The number of benzene rings is 1. The number of alkyl halides is 2. The normalized spacial score (nSPS) is 16.3. The Labute approximate surface area is 209 Å². The van der Waals surface area contributed by atoms with Gasteiger partial charge in [-0.3, -0.25) is 9.89 Å². The third-order valence-corrected chi connectivity index (χ3v) is 6.78. The maximum absolute atomic E-state index is 13.7. The lowest BCUT2D eigenvalue weighted by molar-refractivity contribution is -0.113. The Morgan fingerprint density at radius 3 is 2.65 bits per heavy atom. The van der Waals surface area contributed by atoms with E-state index >= 15 is 0 Å². The molecule has 1 fully saturated rings. The van der Waals surface area contributed by atoms with E-state index in [1.54, 1.807) is 36.0 Å². The molecule has 12 heteroatoms. The van der Waals surface area contributed by atoms with Crippen molar-refractivity contribution in [2.24, 2.45) is 7.05 Å². The molecule has 0 aliphatic carbocycles. The number of fused-ring (bicyclic) bond motifs is 1. The standard InChI is InChI=1S/C25H23F3N8O/c1-34-19(23(37)36-13-25(27,28)14-36)10-16-7-9-35(12-20(16)34)24-29-8-6-21(32-24)31-17-4-2-15(3-5-17)18-11-30-33-22(18)26/h2-6,8,10-11H,7,9,12-14H2,1H3,(H,30,33)(H,29,31,32). The molecule has 1 saturated heterocycles. The van der Waals surface area contributed by atoms with Crippen LogP contribution in [0.25, 0.3) is 11.1 Å². The van der Waals surface area contributed by atoms with Gasteiger partial charge in [0.1, 0.15) is 11.5 Å². The lowest BCUT2D eigenvalue weighted by Gasteiger charge is -2.38. The highest BCUT2D eigenvalue weighted by molar-refractivity contribution is 5.94. The van der Waals surface area contributed by atoms with Crippen LogP contribution < -0.4 is 10.2 Å². The summed E-state index contributed by atoms with van der Waals surface area (Å²) in [5.74, 6) is -2.53. The molecular formula is C25H23F3N8O. The molecule has 6 rings (SSSR count). The number of H-pyrrole nitrogens is 1. The van der Waals surface area contributed by atoms with E-state index in [1.807, 2.05) is 23.1 Å². The van der Waals surface area contributed by atoms with E-state index in [9.17, 15) is 18.0 Å². The predicted molar refractivity (Wildman–Crippen MR) is 130 cm³/mol. The highest BCUT2D eigenvalue weighted by atomic mass is 19.3. The third-order valence-electron chi connectivity index (χ3n) is 6.78. The van der Waals surface area contributed by atoms with Crippen molar-refractivity contribution < 1.29 is 18.0 Å². The number of amides is 1. The number of nitrogens with zero attached hydrogens (tertiary/aromatic N) is 6. The number of anilines is 3. The minimum atomic E-state index is -2.80. The number of carbonyl (C=O) groups excluding carboxylic acids is 1. The summed E-state index contributed by atoms with van der Waals surface area (Å²) in [4.78, 5) is 25.0. The van der Waals surface area contributed by atoms with Crippen LogP contribution in [-0.2, 0) is 20.0 Å². The van der Waals surface area contributed by atoms with E-state index in [1.165, 1.54) is 11.1 Å². The monoisotopic (exact) mass is 508 g/mol. The van der Waals surface area contributed by atoms with Crippen molar-refractivity contribution in [1.82, 2.24) is 29.6 Å². The SMILES string of the molecule is Cn1c(C(=O)N2CC(F)(F)C2)cc2c1CN(c1nccc(Nc3ccc(-c4cn[nH]c4F)cc3)n1)CC2. The van der Waals surface area contributed by atoms with Gasteiger partial charge in [0.05, 0.1) is 31.4 Å². The van der Waals surface area contributed by atoms with Gasteiger partial charge in [0, 0.05) is 31.2 Å². The Balaban J connectivity index is 1.16. The number of likely N-dealkylation sites (tertiary alicyclic amines) is 1. The first-order chi connectivity index (χ1) is 17.8. The Morgan fingerprint density at radius 2 is 1.95 bits per heavy atom. The minimum absolute atomic E-state index is 0.377. The molecule has 0 bridgehead atoms. The molecule has 2 aliphatic heterocycles. The second-order valence-corrected chi connectivity index (χ2v) is 9.29. The van der Waals surface area contributed by atoms with Gasteiger partial charge in [-0.1, -0.05) is 12.1 Å². The molecule has 37 heavy (non-hydrogen) atoms. The lowest BCUT2D eigenvalue weighted by Crippen LogP contribution is -2.58. The molecule has 9 nitrogen and oxygen atoms in total. The van der Waals surface area contributed by atoms with Crippen LogP contribution in [0.4, 0.5) is 30.6 Å².